The smallest absolute Gasteiger partial charge is 0.142 e. The minimum atomic E-state index is -0.172. The molecule has 3 heteroatoms. The number of carbonyl (C=O) groups is 2. The number of aliphatic hydroxyl groups excluding tert-OH is 1. The van der Waals surface area contributed by atoms with Crippen LogP contribution in [0.3, 0.4) is 0 Å². The molecule has 0 aliphatic carbocycles. The number of aliphatic hydroxyl groups is 1. The van der Waals surface area contributed by atoms with Gasteiger partial charge < -0.3 is 5.11 Å². The molecular formula is C7H12O3. The quantitative estimate of drug-likeness (QED) is 0.565. The van der Waals surface area contributed by atoms with Crippen LogP contribution in [0.4, 0.5) is 0 Å². The third kappa shape index (κ3) is 4.21. The van der Waals surface area contributed by atoms with Gasteiger partial charge in [-0.15, -0.1) is 0 Å². The minimum absolute atomic E-state index is 0.0168. The monoisotopic (exact) mass is 144 g/mol. The van der Waals surface area contributed by atoms with Crippen molar-refractivity contribution in [3.8, 4) is 0 Å². The maximum absolute atomic E-state index is 10.6. The maximum atomic E-state index is 10.6. The van der Waals surface area contributed by atoms with Crippen LogP contribution in [0.2, 0.25) is 0 Å². The highest BCUT2D eigenvalue weighted by Gasteiger charge is 2.05. The van der Waals surface area contributed by atoms with Crippen LogP contribution in [0.5, 0.6) is 0 Å². The van der Waals surface area contributed by atoms with Crippen LogP contribution in [-0.4, -0.2) is 23.3 Å². The molecule has 0 atom stereocenters. The molecule has 0 aromatic heterocycles. The van der Waals surface area contributed by atoms with Crippen LogP contribution < -0.4 is 0 Å². The summed E-state index contributed by atoms with van der Waals surface area (Å²) in [5.74, 6) is -0.229. The van der Waals surface area contributed by atoms with Crippen LogP contribution in [0.25, 0.3) is 0 Å². The van der Waals surface area contributed by atoms with E-state index in [0.717, 1.165) is 0 Å². The number of hydrogen-bond donors (Lipinski definition) is 1. The molecule has 3 nitrogen and oxygen atoms in total. The van der Waals surface area contributed by atoms with Crippen molar-refractivity contribution in [3.05, 3.63) is 0 Å². The first-order chi connectivity index (χ1) is 4.70. The predicted molar refractivity (Wildman–Crippen MR) is 36.6 cm³/mol. The lowest BCUT2D eigenvalue weighted by Gasteiger charge is -1.93. The van der Waals surface area contributed by atoms with E-state index in [4.69, 9.17) is 5.11 Å². The zero-order chi connectivity index (χ0) is 7.98. The van der Waals surface area contributed by atoms with Gasteiger partial charge in [-0.25, -0.2) is 0 Å². The van der Waals surface area contributed by atoms with Gasteiger partial charge in [0.15, 0.2) is 0 Å². The number of rotatable bonds is 5. The fourth-order valence-electron chi connectivity index (χ4n) is 0.558. The molecule has 0 saturated heterocycles. The Labute approximate surface area is 60.0 Å². The van der Waals surface area contributed by atoms with E-state index in [0.29, 0.717) is 6.42 Å². The van der Waals surface area contributed by atoms with Crippen LogP contribution >= 0.6 is 0 Å². The number of hydrogen-bond acceptors (Lipinski definition) is 3. The molecule has 0 heterocycles. The van der Waals surface area contributed by atoms with Gasteiger partial charge in [0.05, 0.1) is 6.42 Å². The van der Waals surface area contributed by atoms with Crippen molar-refractivity contribution in [1.82, 2.24) is 0 Å². The Morgan fingerprint density at radius 2 is 1.90 bits per heavy atom. The van der Waals surface area contributed by atoms with Crippen molar-refractivity contribution in [2.75, 3.05) is 6.61 Å². The Kier molecular flexibility index (Phi) is 4.76. The summed E-state index contributed by atoms with van der Waals surface area (Å²) < 4.78 is 0. The SMILES string of the molecule is CCC(=O)CC(=O)CCO. The first kappa shape index (κ1) is 9.30. The molecule has 0 bridgehead atoms. The normalized spacial score (nSPS) is 9.40. The number of carbonyl (C=O) groups excluding carboxylic acids is 2. The van der Waals surface area contributed by atoms with Crippen LogP contribution in [0.1, 0.15) is 26.2 Å². The maximum Gasteiger partial charge on any atom is 0.142 e. The average Bonchev–Trinajstić information content (AvgIpc) is 1.88. The zero-order valence-electron chi connectivity index (χ0n) is 6.09. The second-order valence-electron chi connectivity index (χ2n) is 2.08. The third-order valence-corrected chi connectivity index (χ3v) is 1.18. The van der Waals surface area contributed by atoms with E-state index < -0.39 is 0 Å². The number of ketones is 2. The van der Waals surface area contributed by atoms with E-state index in [9.17, 15) is 9.59 Å². The van der Waals surface area contributed by atoms with Gasteiger partial charge >= 0.3 is 0 Å². The standard InChI is InChI=1S/C7H12O3/c1-2-6(9)5-7(10)3-4-8/h8H,2-5H2,1H3. The topological polar surface area (TPSA) is 54.4 Å². The van der Waals surface area contributed by atoms with E-state index in [2.05, 4.69) is 0 Å². The summed E-state index contributed by atoms with van der Waals surface area (Å²) in [5, 5.41) is 8.29. The lowest BCUT2D eigenvalue weighted by molar-refractivity contribution is -0.127. The van der Waals surface area contributed by atoms with Crippen LogP contribution in [-0.2, 0) is 9.59 Å². The van der Waals surface area contributed by atoms with E-state index in [1.165, 1.54) is 0 Å². The second kappa shape index (κ2) is 5.11. The van der Waals surface area contributed by atoms with Crippen molar-refractivity contribution in [3.63, 3.8) is 0 Å². The van der Waals surface area contributed by atoms with E-state index in [1.807, 2.05) is 0 Å². The van der Waals surface area contributed by atoms with E-state index in [-0.39, 0.29) is 31.0 Å². The predicted octanol–water partition coefficient (Wildman–Crippen LogP) is 0.307. The molecule has 0 aromatic carbocycles. The minimum Gasteiger partial charge on any atom is -0.396 e. The highest BCUT2D eigenvalue weighted by molar-refractivity contribution is 5.98. The van der Waals surface area contributed by atoms with E-state index >= 15 is 0 Å². The van der Waals surface area contributed by atoms with Gasteiger partial charge in [0.2, 0.25) is 0 Å². The van der Waals surface area contributed by atoms with Gasteiger partial charge in [-0.1, -0.05) is 6.92 Å². The summed E-state index contributed by atoms with van der Waals surface area (Å²) in [5.41, 5.74) is 0. The van der Waals surface area contributed by atoms with Gasteiger partial charge in [0.25, 0.3) is 0 Å². The van der Waals surface area contributed by atoms with Crippen molar-refractivity contribution in [2.24, 2.45) is 0 Å². The molecule has 0 rings (SSSR count). The van der Waals surface area contributed by atoms with Gasteiger partial charge in [0, 0.05) is 19.4 Å². The summed E-state index contributed by atoms with van der Waals surface area (Å²) in [4.78, 5) is 21.2. The molecule has 0 aromatic rings. The summed E-state index contributed by atoms with van der Waals surface area (Å²) in [6.45, 7) is 1.56. The Morgan fingerprint density at radius 3 is 2.30 bits per heavy atom. The molecule has 1 N–H and O–H groups in total. The summed E-state index contributed by atoms with van der Waals surface area (Å²) in [7, 11) is 0. The highest BCUT2D eigenvalue weighted by Crippen LogP contribution is 1.93. The fourth-order valence-corrected chi connectivity index (χ4v) is 0.558. The molecule has 0 radical (unpaired) electrons. The fraction of sp³-hybridized carbons (Fsp3) is 0.714. The summed E-state index contributed by atoms with van der Waals surface area (Å²) in [6.07, 6.45) is 0.486. The van der Waals surface area contributed by atoms with Gasteiger partial charge in [-0.05, 0) is 0 Å². The first-order valence-electron chi connectivity index (χ1n) is 3.35. The molecule has 0 aliphatic rings. The molecule has 0 fully saturated rings. The molecule has 0 amide bonds. The van der Waals surface area contributed by atoms with Crippen molar-refractivity contribution < 1.29 is 14.7 Å². The largest absolute Gasteiger partial charge is 0.396 e. The summed E-state index contributed by atoms with van der Waals surface area (Å²) >= 11 is 0. The summed E-state index contributed by atoms with van der Waals surface area (Å²) in [6, 6.07) is 0. The molecule has 0 saturated carbocycles. The average molecular weight is 144 g/mol. The van der Waals surface area contributed by atoms with Gasteiger partial charge in [0.1, 0.15) is 11.6 Å². The first-order valence-corrected chi connectivity index (χ1v) is 3.35. The van der Waals surface area contributed by atoms with Crippen LogP contribution in [0, 0.1) is 0 Å². The van der Waals surface area contributed by atoms with Gasteiger partial charge in [-0.3, -0.25) is 9.59 Å². The molecule has 58 valence electrons. The second-order valence-corrected chi connectivity index (χ2v) is 2.08. The zero-order valence-corrected chi connectivity index (χ0v) is 6.09. The molecular weight excluding hydrogens is 132 g/mol. The lowest BCUT2D eigenvalue weighted by atomic mass is 10.1. The third-order valence-electron chi connectivity index (χ3n) is 1.18. The molecule has 0 spiro atoms. The Bertz CT molecular complexity index is 129. The highest BCUT2D eigenvalue weighted by atomic mass is 16.3. The van der Waals surface area contributed by atoms with Crippen molar-refractivity contribution in [1.29, 1.82) is 0 Å². The Hall–Kier alpha value is -0.700. The molecule has 0 unspecified atom stereocenters. The van der Waals surface area contributed by atoms with Crippen molar-refractivity contribution >= 4 is 11.6 Å². The Balaban J connectivity index is 3.47. The van der Waals surface area contributed by atoms with Crippen molar-refractivity contribution in [2.45, 2.75) is 26.2 Å². The molecule has 0 aliphatic heterocycles. The van der Waals surface area contributed by atoms with Gasteiger partial charge in [-0.2, -0.15) is 0 Å². The lowest BCUT2D eigenvalue weighted by Crippen LogP contribution is -2.07. The van der Waals surface area contributed by atoms with E-state index in [1.54, 1.807) is 6.92 Å². The molecule has 10 heavy (non-hydrogen) atoms. The number of Topliss-reactive ketones (excluding diaryl/α,β-unsaturated/α-hetero) is 2. The van der Waals surface area contributed by atoms with Crippen LogP contribution in [0.15, 0.2) is 0 Å². The Morgan fingerprint density at radius 1 is 1.30 bits per heavy atom.